The third-order valence-corrected chi connectivity index (χ3v) is 5.99. The lowest BCUT2D eigenvalue weighted by molar-refractivity contribution is 0.972. The van der Waals surface area contributed by atoms with Crippen LogP contribution in [0.15, 0.2) is 59.1 Å². The summed E-state index contributed by atoms with van der Waals surface area (Å²) in [5, 5.41) is 14.4. The predicted molar refractivity (Wildman–Crippen MR) is 117 cm³/mol. The number of hydrogen-bond donors (Lipinski definition) is 2. The molecule has 0 spiro atoms. The van der Waals surface area contributed by atoms with Crippen LogP contribution in [0.5, 0.6) is 0 Å². The Morgan fingerprint density at radius 1 is 1.04 bits per heavy atom. The van der Waals surface area contributed by atoms with Crippen molar-refractivity contribution in [3.63, 3.8) is 0 Å². The van der Waals surface area contributed by atoms with E-state index in [0.29, 0.717) is 0 Å². The summed E-state index contributed by atoms with van der Waals surface area (Å²) in [7, 11) is 0. The van der Waals surface area contributed by atoms with Crippen LogP contribution in [0.4, 0.5) is 10.8 Å². The molecular formula is C21H21N5S2. The summed E-state index contributed by atoms with van der Waals surface area (Å²) in [6, 6.07) is 16.7. The van der Waals surface area contributed by atoms with Gasteiger partial charge in [0.2, 0.25) is 5.16 Å². The Morgan fingerprint density at radius 3 is 2.57 bits per heavy atom. The highest BCUT2D eigenvalue weighted by atomic mass is 32.2. The number of aromatic nitrogens is 4. The van der Waals surface area contributed by atoms with Crippen LogP contribution in [-0.2, 0) is 12.2 Å². The Bertz CT molecular complexity index is 1040. The molecule has 7 heteroatoms. The SMILES string of the molecule is CCc1ccc(-c2nc(SCc3csc(Nc4ccc(C)cc4)n3)n[nH]2)cc1. The number of aromatic amines is 1. The molecule has 0 aliphatic carbocycles. The first-order chi connectivity index (χ1) is 13.7. The number of thiazole rings is 1. The van der Waals surface area contributed by atoms with Gasteiger partial charge in [-0.15, -0.1) is 16.4 Å². The van der Waals surface area contributed by atoms with Crippen molar-refractivity contribution >= 4 is 33.9 Å². The van der Waals surface area contributed by atoms with E-state index >= 15 is 0 Å². The van der Waals surface area contributed by atoms with Gasteiger partial charge in [0.15, 0.2) is 11.0 Å². The molecule has 142 valence electrons. The average molecular weight is 408 g/mol. The lowest BCUT2D eigenvalue weighted by atomic mass is 10.1. The van der Waals surface area contributed by atoms with Crippen molar-refractivity contribution in [3.8, 4) is 11.4 Å². The van der Waals surface area contributed by atoms with Crippen LogP contribution in [-0.4, -0.2) is 20.2 Å². The smallest absolute Gasteiger partial charge is 0.209 e. The second kappa shape index (κ2) is 8.58. The van der Waals surface area contributed by atoms with Crippen molar-refractivity contribution in [3.05, 3.63) is 70.7 Å². The van der Waals surface area contributed by atoms with Gasteiger partial charge in [-0.3, -0.25) is 5.10 Å². The maximum Gasteiger partial charge on any atom is 0.209 e. The Balaban J connectivity index is 1.35. The van der Waals surface area contributed by atoms with Crippen LogP contribution in [0, 0.1) is 6.92 Å². The van der Waals surface area contributed by atoms with Crippen LogP contribution in [0.25, 0.3) is 11.4 Å². The van der Waals surface area contributed by atoms with E-state index in [0.717, 1.165) is 45.2 Å². The fourth-order valence-corrected chi connectivity index (χ4v) is 4.19. The number of anilines is 2. The molecule has 0 saturated heterocycles. The number of H-pyrrole nitrogens is 1. The van der Waals surface area contributed by atoms with Crippen LogP contribution >= 0.6 is 23.1 Å². The molecule has 0 bridgehead atoms. The first kappa shape index (κ1) is 18.7. The summed E-state index contributed by atoms with van der Waals surface area (Å²) in [5.74, 6) is 1.53. The van der Waals surface area contributed by atoms with E-state index in [2.05, 4.69) is 93.2 Å². The van der Waals surface area contributed by atoms with Gasteiger partial charge < -0.3 is 5.32 Å². The zero-order valence-electron chi connectivity index (χ0n) is 15.8. The van der Waals surface area contributed by atoms with Gasteiger partial charge in [-0.2, -0.15) is 0 Å². The van der Waals surface area contributed by atoms with Crippen LogP contribution in [0.3, 0.4) is 0 Å². The van der Waals surface area contributed by atoms with Gasteiger partial charge in [-0.05, 0) is 31.0 Å². The van der Waals surface area contributed by atoms with Gasteiger partial charge in [0.05, 0.1) is 5.69 Å². The maximum absolute atomic E-state index is 4.65. The third kappa shape index (κ3) is 4.61. The fourth-order valence-electron chi connectivity index (χ4n) is 2.67. The second-order valence-corrected chi connectivity index (χ2v) is 8.24. The van der Waals surface area contributed by atoms with Crippen LogP contribution in [0.2, 0.25) is 0 Å². The molecule has 5 nitrogen and oxygen atoms in total. The monoisotopic (exact) mass is 407 g/mol. The lowest BCUT2D eigenvalue weighted by Crippen LogP contribution is -1.90. The molecule has 2 heterocycles. The predicted octanol–water partition coefficient (Wildman–Crippen LogP) is 5.83. The van der Waals surface area contributed by atoms with Crippen molar-refractivity contribution in [1.82, 2.24) is 20.2 Å². The largest absolute Gasteiger partial charge is 0.332 e. The van der Waals surface area contributed by atoms with Crippen LogP contribution < -0.4 is 5.32 Å². The van der Waals surface area contributed by atoms with Gasteiger partial charge >= 0.3 is 0 Å². The summed E-state index contributed by atoms with van der Waals surface area (Å²) in [6.07, 6.45) is 1.03. The highest BCUT2D eigenvalue weighted by Crippen LogP contribution is 2.26. The molecule has 0 aliphatic heterocycles. The van der Waals surface area contributed by atoms with E-state index in [1.54, 1.807) is 23.1 Å². The molecule has 0 fully saturated rings. The molecule has 0 atom stereocenters. The van der Waals surface area contributed by atoms with Crippen LogP contribution in [0.1, 0.15) is 23.7 Å². The number of nitrogens with zero attached hydrogens (tertiary/aromatic N) is 3. The number of hydrogen-bond acceptors (Lipinski definition) is 6. The quantitative estimate of drug-likeness (QED) is 0.377. The number of nitrogens with one attached hydrogen (secondary N) is 2. The molecule has 2 N–H and O–H groups in total. The average Bonchev–Trinajstić information content (AvgIpc) is 3.38. The van der Waals surface area contributed by atoms with Crippen molar-refractivity contribution < 1.29 is 0 Å². The molecule has 4 rings (SSSR count). The highest BCUT2D eigenvalue weighted by Gasteiger charge is 2.09. The van der Waals surface area contributed by atoms with Gasteiger partial charge in [-0.25, -0.2) is 9.97 Å². The Kier molecular flexibility index (Phi) is 5.73. The number of benzene rings is 2. The number of rotatable bonds is 7. The minimum Gasteiger partial charge on any atom is -0.332 e. The topological polar surface area (TPSA) is 66.5 Å². The fraction of sp³-hybridized carbons (Fsp3) is 0.190. The van der Waals surface area contributed by atoms with Gasteiger partial charge in [0.1, 0.15) is 0 Å². The van der Waals surface area contributed by atoms with Gasteiger partial charge in [0.25, 0.3) is 0 Å². The summed E-state index contributed by atoms with van der Waals surface area (Å²) < 4.78 is 0. The molecule has 0 saturated carbocycles. The molecule has 4 aromatic rings. The molecule has 2 aromatic carbocycles. The molecule has 0 radical (unpaired) electrons. The highest BCUT2D eigenvalue weighted by molar-refractivity contribution is 7.98. The Labute approximate surface area is 172 Å². The standard InChI is InChI=1S/C21H21N5S2/c1-3-15-6-8-16(9-7-15)19-24-21(26-25-19)28-13-18-12-27-20(23-18)22-17-10-4-14(2)5-11-17/h4-12H,3,13H2,1-2H3,(H,22,23)(H,24,25,26). The summed E-state index contributed by atoms with van der Waals surface area (Å²) in [5.41, 5.74) is 5.68. The second-order valence-electron chi connectivity index (χ2n) is 6.44. The van der Waals surface area contributed by atoms with Crippen molar-refractivity contribution in [2.24, 2.45) is 0 Å². The van der Waals surface area contributed by atoms with E-state index in [1.807, 2.05) is 0 Å². The molecule has 2 aromatic heterocycles. The zero-order valence-corrected chi connectivity index (χ0v) is 17.4. The molecular weight excluding hydrogens is 386 g/mol. The third-order valence-electron chi connectivity index (χ3n) is 4.30. The van der Waals surface area contributed by atoms with Gasteiger partial charge in [0, 0.05) is 22.4 Å². The molecule has 0 amide bonds. The van der Waals surface area contributed by atoms with E-state index < -0.39 is 0 Å². The first-order valence-corrected chi connectivity index (χ1v) is 11.0. The first-order valence-electron chi connectivity index (χ1n) is 9.12. The molecule has 0 unspecified atom stereocenters. The van der Waals surface area contributed by atoms with Crippen molar-refractivity contribution in [1.29, 1.82) is 0 Å². The van der Waals surface area contributed by atoms with E-state index in [-0.39, 0.29) is 0 Å². The number of thioether (sulfide) groups is 1. The van der Waals surface area contributed by atoms with E-state index in [9.17, 15) is 0 Å². The Morgan fingerprint density at radius 2 is 1.82 bits per heavy atom. The van der Waals surface area contributed by atoms with E-state index in [1.165, 1.54) is 11.1 Å². The maximum atomic E-state index is 4.65. The Hall–Kier alpha value is -2.64. The summed E-state index contributed by atoms with van der Waals surface area (Å²) >= 11 is 3.19. The lowest BCUT2D eigenvalue weighted by Gasteiger charge is -2.02. The molecule has 0 aliphatic rings. The van der Waals surface area contributed by atoms with E-state index in [4.69, 9.17) is 0 Å². The van der Waals surface area contributed by atoms with Gasteiger partial charge in [-0.1, -0.05) is 60.6 Å². The minimum atomic E-state index is 0.732. The minimum absolute atomic E-state index is 0.732. The molecule has 28 heavy (non-hydrogen) atoms. The zero-order chi connectivity index (χ0) is 19.3. The summed E-state index contributed by atoms with van der Waals surface area (Å²) in [6.45, 7) is 4.23. The van der Waals surface area contributed by atoms with Crippen molar-refractivity contribution in [2.45, 2.75) is 31.2 Å². The number of aryl methyl sites for hydroxylation is 2. The normalized spacial score (nSPS) is 10.9. The van der Waals surface area contributed by atoms with Crippen molar-refractivity contribution in [2.75, 3.05) is 5.32 Å². The summed E-state index contributed by atoms with van der Waals surface area (Å²) in [4.78, 5) is 9.24.